The van der Waals surface area contributed by atoms with Crippen molar-refractivity contribution < 1.29 is 57.9 Å². The molecule has 0 aromatic carbocycles. The van der Waals surface area contributed by atoms with E-state index in [1.165, 1.54) is 182 Å². The third-order valence-corrected chi connectivity index (χ3v) is 10.5. The third kappa shape index (κ3) is 40.2. The highest BCUT2D eigenvalue weighted by Crippen LogP contribution is 2.16. The van der Waals surface area contributed by atoms with E-state index in [1.54, 1.807) is 0 Å². The molecule has 0 aliphatic rings. The Morgan fingerprint density at radius 2 is 0.517 bits per heavy atom. The monoisotopic (exact) mass is 857 g/mol. The van der Waals surface area contributed by atoms with Gasteiger partial charge in [0.05, 0.1) is 0 Å². The minimum atomic E-state index is -1.26. The molecule has 2 N–H and O–H groups in total. The van der Waals surface area contributed by atoms with E-state index in [-0.39, 0.29) is 12.8 Å². The second-order valence-corrected chi connectivity index (χ2v) is 16.5. The van der Waals surface area contributed by atoms with Gasteiger partial charge in [-0.3, -0.25) is 9.59 Å². The molecule has 0 rings (SSSR count). The van der Waals surface area contributed by atoms with Crippen molar-refractivity contribution in [2.45, 2.75) is 271 Å². The van der Waals surface area contributed by atoms with Crippen molar-refractivity contribution in [3.63, 3.8) is 0 Å². The van der Waals surface area contributed by atoms with E-state index in [0.717, 1.165) is 38.5 Å². The predicted octanol–water partition coefficient (Wildman–Crippen LogP) is 12.4. The highest BCUT2D eigenvalue weighted by molar-refractivity contribution is 5.83. The summed E-state index contributed by atoms with van der Waals surface area (Å²) in [7, 11) is 0. The van der Waals surface area contributed by atoms with Crippen LogP contribution in [-0.2, 0) is 47.7 Å². The van der Waals surface area contributed by atoms with Crippen LogP contribution < -0.4 is 0 Å². The smallest absolute Gasteiger partial charge is 0.347 e. The molecule has 0 aliphatic heterocycles. The molecular weight excluding hydrogens is 769 g/mol. The molecule has 0 aromatic rings. The maximum atomic E-state index is 11.8. The minimum Gasteiger partial charge on any atom is -0.479 e. The molecule has 60 heavy (non-hydrogen) atoms. The summed E-state index contributed by atoms with van der Waals surface area (Å²) in [5.41, 5.74) is 0. The lowest BCUT2D eigenvalue weighted by Gasteiger charge is -2.14. The van der Waals surface area contributed by atoms with Crippen LogP contribution in [-0.4, -0.2) is 70.4 Å². The number of ether oxygens (including phenoxy) is 4. The van der Waals surface area contributed by atoms with Crippen LogP contribution in [0.1, 0.15) is 247 Å². The molecule has 352 valence electrons. The average Bonchev–Trinajstić information content (AvgIpc) is 3.20. The number of hydrogen-bond donors (Lipinski definition) is 2. The lowest BCUT2D eigenvalue weighted by atomic mass is 10.0. The molecule has 0 radical (unpaired) electrons. The first kappa shape index (κ1) is 58.9. The summed E-state index contributed by atoms with van der Waals surface area (Å²) in [6.07, 6.45) is 33.6. The Morgan fingerprint density at radius 1 is 0.317 bits per heavy atom. The summed E-state index contributed by atoms with van der Waals surface area (Å²) < 4.78 is 19.4. The number of hydrogen-bond acceptors (Lipinski definition) is 10. The van der Waals surface area contributed by atoms with Crippen molar-refractivity contribution >= 4 is 35.8 Å². The Hall–Kier alpha value is -3.18. The van der Waals surface area contributed by atoms with Gasteiger partial charge in [0.25, 0.3) is 0 Å². The molecule has 0 amide bonds. The Morgan fingerprint density at radius 3 is 0.717 bits per heavy atom. The van der Waals surface area contributed by atoms with E-state index < -0.39 is 60.2 Å². The fourth-order valence-corrected chi connectivity index (χ4v) is 6.53. The molecule has 0 heterocycles. The lowest BCUT2D eigenvalue weighted by molar-refractivity contribution is -0.175. The number of rotatable bonds is 40. The van der Waals surface area contributed by atoms with Crippen LogP contribution >= 0.6 is 0 Å². The van der Waals surface area contributed by atoms with E-state index in [2.05, 4.69) is 23.3 Å². The molecule has 0 saturated heterocycles. The topological polar surface area (TPSA) is 180 Å². The van der Waals surface area contributed by atoms with Gasteiger partial charge in [-0.2, -0.15) is 0 Å². The molecule has 12 heteroatoms. The molecule has 0 aromatic heterocycles. The molecule has 4 atom stereocenters. The van der Waals surface area contributed by atoms with Gasteiger partial charge in [-0.1, -0.05) is 194 Å². The van der Waals surface area contributed by atoms with Gasteiger partial charge in [0.15, 0.2) is 24.4 Å². The van der Waals surface area contributed by atoms with Crippen molar-refractivity contribution in [1.82, 2.24) is 0 Å². The highest BCUT2D eigenvalue weighted by Gasteiger charge is 2.25. The summed E-state index contributed by atoms with van der Waals surface area (Å²) in [6, 6.07) is 0. The number of unbranched alkanes of at least 4 members (excludes halogenated alkanes) is 28. The SMILES string of the molecule is CCCCCCCCCCCCCCCCCC(=O)OC(C)C(=O)OC(C)C(=O)O.CCCCCCCCCCCCCCCCCC(=O)OC(C)C(=O)OC(C)C(=O)O. The van der Waals surface area contributed by atoms with Crippen LogP contribution in [0.4, 0.5) is 0 Å². The first-order valence-electron chi connectivity index (χ1n) is 24.0. The summed E-state index contributed by atoms with van der Waals surface area (Å²) in [4.78, 5) is 68.1. The van der Waals surface area contributed by atoms with E-state index in [0.29, 0.717) is 0 Å². The van der Waals surface area contributed by atoms with E-state index in [1.807, 2.05) is 0 Å². The Balaban J connectivity index is 0. The van der Waals surface area contributed by atoms with Crippen molar-refractivity contribution in [3.8, 4) is 0 Å². The molecule has 0 aliphatic carbocycles. The van der Waals surface area contributed by atoms with Crippen LogP contribution in [0.15, 0.2) is 0 Å². The largest absolute Gasteiger partial charge is 0.479 e. The summed E-state index contributed by atoms with van der Waals surface area (Å²) in [5, 5.41) is 17.4. The molecule has 0 saturated carbocycles. The number of carbonyl (C=O) groups is 6. The maximum absolute atomic E-state index is 11.8. The number of carboxylic acid groups (broad SMARTS) is 2. The standard InChI is InChI=1S/2C24H44O6/c2*1-4-5-6-7-8-9-10-11-12-13-14-15-16-17-18-19-22(25)29-21(3)24(28)30-20(2)23(26)27/h2*20-21H,4-19H2,1-3H3,(H,26,27). The Labute approximate surface area is 364 Å². The summed E-state index contributed by atoms with van der Waals surface area (Å²) in [5.74, 6) is -5.04. The first-order chi connectivity index (χ1) is 28.8. The van der Waals surface area contributed by atoms with Gasteiger partial charge in [-0.25, -0.2) is 19.2 Å². The second-order valence-electron chi connectivity index (χ2n) is 16.5. The highest BCUT2D eigenvalue weighted by atomic mass is 16.6. The number of esters is 4. The van der Waals surface area contributed by atoms with Crippen molar-refractivity contribution in [2.24, 2.45) is 0 Å². The molecule has 0 spiro atoms. The van der Waals surface area contributed by atoms with Gasteiger partial charge < -0.3 is 29.2 Å². The zero-order valence-electron chi connectivity index (χ0n) is 38.9. The molecular formula is C48H88O12. The minimum absolute atomic E-state index is 0.268. The zero-order valence-corrected chi connectivity index (χ0v) is 38.9. The van der Waals surface area contributed by atoms with Gasteiger partial charge in [-0.05, 0) is 40.5 Å². The van der Waals surface area contributed by atoms with Gasteiger partial charge in [0.1, 0.15) is 0 Å². The maximum Gasteiger partial charge on any atom is 0.347 e. The first-order valence-corrected chi connectivity index (χ1v) is 24.0. The van der Waals surface area contributed by atoms with Gasteiger partial charge >= 0.3 is 35.8 Å². The van der Waals surface area contributed by atoms with Crippen molar-refractivity contribution in [3.05, 3.63) is 0 Å². The van der Waals surface area contributed by atoms with E-state index >= 15 is 0 Å². The normalized spacial score (nSPS) is 12.9. The molecule has 12 nitrogen and oxygen atoms in total. The zero-order chi connectivity index (χ0) is 45.2. The average molecular weight is 857 g/mol. The van der Waals surface area contributed by atoms with Crippen molar-refractivity contribution in [2.75, 3.05) is 0 Å². The fourth-order valence-electron chi connectivity index (χ4n) is 6.53. The van der Waals surface area contributed by atoms with Crippen LogP contribution in [0.2, 0.25) is 0 Å². The molecule has 0 bridgehead atoms. The predicted molar refractivity (Wildman–Crippen MR) is 237 cm³/mol. The number of carboxylic acids is 2. The molecule has 0 fully saturated rings. The van der Waals surface area contributed by atoms with Gasteiger partial charge in [0.2, 0.25) is 0 Å². The second kappa shape index (κ2) is 42.5. The van der Waals surface area contributed by atoms with Crippen LogP contribution in [0, 0.1) is 0 Å². The van der Waals surface area contributed by atoms with Crippen LogP contribution in [0.3, 0.4) is 0 Å². The number of aliphatic carboxylic acids is 2. The summed E-state index contributed by atoms with van der Waals surface area (Å²) in [6.45, 7) is 9.80. The van der Waals surface area contributed by atoms with Crippen LogP contribution in [0.5, 0.6) is 0 Å². The molecule has 4 unspecified atom stereocenters. The van der Waals surface area contributed by atoms with E-state index in [9.17, 15) is 28.8 Å². The number of carbonyl (C=O) groups excluding carboxylic acids is 4. The Bertz CT molecular complexity index is 1010. The van der Waals surface area contributed by atoms with Gasteiger partial charge in [0, 0.05) is 12.8 Å². The summed E-state index contributed by atoms with van der Waals surface area (Å²) >= 11 is 0. The lowest BCUT2D eigenvalue weighted by Crippen LogP contribution is -2.32. The van der Waals surface area contributed by atoms with E-state index in [4.69, 9.17) is 19.7 Å². The quantitative estimate of drug-likeness (QED) is 0.0339. The third-order valence-electron chi connectivity index (χ3n) is 10.5. The van der Waals surface area contributed by atoms with Crippen molar-refractivity contribution in [1.29, 1.82) is 0 Å². The Kier molecular flexibility index (Phi) is 41.7. The van der Waals surface area contributed by atoms with Crippen LogP contribution in [0.25, 0.3) is 0 Å². The fraction of sp³-hybridized carbons (Fsp3) is 0.875. The van der Waals surface area contributed by atoms with Gasteiger partial charge in [-0.15, -0.1) is 0 Å².